The molecule has 1 aromatic carbocycles. The molecular formula is C26H30F3N3O3. The van der Waals surface area contributed by atoms with Crippen LogP contribution in [0.4, 0.5) is 24.7 Å². The van der Waals surface area contributed by atoms with Gasteiger partial charge in [0.15, 0.2) is 0 Å². The Morgan fingerprint density at radius 3 is 2.46 bits per heavy atom. The Morgan fingerprint density at radius 1 is 1.11 bits per heavy atom. The molecule has 1 aromatic heterocycles. The molecule has 0 radical (unpaired) electrons. The fraction of sp³-hybridized carbons (Fsp3) is 0.500. The monoisotopic (exact) mass is 489 g/mol. The maximum absolute atomic E-state index is 14.8. The highest BCUT2D eigenvalue weighted by Gasteiger charge is 2.47. The molecule has 2 aliphatic rings. The second kappa shape index (κ2) is 10.3. The van der Waals surface area contributed by atoms with Crippen LogP contribution in [0.15, 0.2) is 48.7 Å². The molecule has 0 bridgehead atoms. The predicted octanol–water partition coefficient (Wildman–Crippen LogP) is 4.98. The van der Waals surface area contributed by atoms with Crippen LogP contribution in [-0.2, 0) is 14.3 Å². The molecule has 2 fully saturated rings. The van der Waals surface area contributed by atoms with Gasteiger partial charge in [-0.25, -0.2) is 18.2 Å². The van der Waals surface area contributed by atoms with E-state index >= 15 is 0 Å². The minimum Gasteiger partial charge on any atom is -0.469 e. The van der Waals surface area contributed by atoms with E-state index in [-0.39, 0.29) is 24.9 Å². The summed E-state index contributed by atoms with van der Waals surface area (Å²) in [6.07, 6.45) is 1.89. The number of aromatic nitrogens is 1. The van der Waals surface area contributed by atoms with Crippen LogP contribution < -0.4 is 9.80 Å². The first-order chi connectivity index (χ1) is 16.7. The van der Waals surface area contributed by atoms with E-state index in [4.69, 9.17) is 4.74 Å². The maximum atomic E-state index is 14.8. The standard InChI is InChI=1S/C26H30F3N3O3/c1-35-24(34)25(12-15-31(16-13-25)22-10-4-5-14-30-22)18-23(33)32(21-9-3-2-8-20(21)27)19-7-6-11-26(28,29)17-19/h2-5,8-10,14,19H,6-7,11-13,15-18H2,1H3. The molecule has 1 atom stereocenters. The van der Waals surface area contributed by atoms with E-state index in [2.05, 4.69) is 4.98 Å². The number of anilines is 2. The lowest BCUT2D eigenvalue weighted by molar-refractivity contribution is -0.156. The van der Waals surface area contributed by atoms with Gasteiger partial charge < -0.3 is 14.5 Å². The van der Waals surface area contributed by atoms with Crippen molar-refractivity contribution in [3.63, 3.8) is 0 Å². The topological polar surface area (TPSA) is 62.7 Å². The van der Waals surface area contributed by atoms with Crippen LogP contribution in [-0.4, -0.2) is 49.0 Å². The summed E-state index contributed by atoms with van der Waals surface area (Å²) < 4.78 is 48.5. The molecule has 0 spiro atoms. The van der Waals surface area contributed by atoms with Gasteiger partial charge in [0.25, 0.3) is 0 Å². The number of rotatable bonds is 6. The number of ether oxygens (including phenoxy) is 1. The maximum Gasteiger partial charge on any atom is 0.312 e. The number of pyridine rings is 1. The zero-order valence-electron chi connectivity index (χ0n) is 19.8. The fourth-order valence-electron chi connectivity index (χ4n) is 5.30. The van der Waals surface area contributed by atoms with Crippen molar-refractivity contribution in [2.45, 2.75) is 56.9 Å². The van der Waals surface area contributed by atoms with Gasteiger partial charge in [0, 0.05) is 44.6 Å². The number of carbonyl (C=O) groups is 2. The van der Waals surface area contributed by atoms with E-state index in [1.807, 2.05) is 23.1 Å². The van der Waals surface area contributed by atoms with Gasteiger partial charge in [-0.1, -0.05) is 18.2 Å². The lowest BCUT2D eigenvalue weighted by atomic mass is 9.75. The van der Waals surface area contributed by atoms with Crippen LogP contribution in [0.5, 0.6) is 0 Å². The number of piperidine rings is 1. The number of hydrogen-bond acceptors (Lipinski definition) is 5. The van der Waals surface area contributed by atoms with Crippen LogP contribution in [0.3, 0.4) is 0 Å². The summed E-state index contributed by atoms with van der Waals surface area (Å²) in [7, 11) is 1.27. The van der Waals surface area contributed by atoms with Crippen LogP contribution in [0.25, 0.3) is 0 Å². The molecule has 1 aliphatic carbocycles. The molecule has 9 heteroatoms. The van der Waals surface area contributed by atoms with Crippen molar-refractivity contribution in [1.29, 1.82) is 0 Å². The van der Waals surface area contributed by atoms with E-state index in [9.17, 15) is 22.8 Å². The minimum atomic E-state index is -2.93. The number of para-hydroxylation sites is 1. The average Bonchev–Trinajstić information content (AvgIpc) is 2.85. The summed E-state index contributed by atoms with van der Waals surface area (Å²) in [5.41, 5.74) is -1.16. The van der Waals surface area contributed by atoms with E-state index in [1.165, 1.54) is 25.3 Å². The molecule has 2 heterocycles. The van der Waals surface area contributed by atoms with Gasteiger partial charge in [-0.15, -0.1) is 0 Å². The van der Waals surface area contributed by atoms with Crippen molar-refractivity contribution in [2.24, 2.45) is 5.41 Å². The Labute approximate surface area is 203 Å². The summed E-state index contributed by atoms with van der Waals surface area (Å²) in [6.45, 7) is 0.946. The van der Waals surface area contributed by atoms with Gasteiger partial charge in [0.2, 0.25) is 11.8 Å². The number of esters is 1. The molecule has 6 nitrogen and oxygen atoms in total. The van der Waals surface area contributed by atoms with Gasteiger partial charge in [-0.2, -0.15) is 0 Å². The number of benzene rings is 1. The number of carbonyl (C=O) groups excluding carboxylic acids is 2. The molecule has 1 saturated heterocycles. The summed E-state index contributed by atoms with van der Waals surface area (Å²) in [4.78, 5) is 34.2. The van der Waals surface area contributed by atoms with Gasteiger partial charge >= 0.3 is 5.97 Å². The molecule has 1 unspecified atom stereocenters. The van der Waals surface area contributed by atoms with Crippen molar-refractivity contribution < 1.29 is 27.5 Å². The molecule has 188 valence electrons. The Hall–Kier alpha value is -3.10. The number of hydrogen-bond donors (Lipinski definition) is 0. The summed E-state index contributed by atoms with van der Waals surface area (Å²) >= 11 is 0. The first-order valence-electron chi connectivity index (χ1n) is 11.9. The SMILES string of the molecule is COC(=O)C1(CC(=O)N(c2ccccc2F)C2CCCC(F)(F)C2)CCN(c2ccccn2)CC1. The summed E-state index contributed by atoms with van der Waals surface area (Å²) in [6, 6.07) is 10.4. The molecule has 35 heavy (non-hydrogen) atoms. The van der Waals surface area contributed by atoms with Crippen LogP contribution >= 0.6 is 0 Å². The van der Waals surface area contributed by atoms with E-state index in [1.54, 1.807) is 12.3 Å². The molecule has 4 rings (SSSR count). The highest BCUT2D eigenvalue weighted by Crippen LogP contribution is 2.42. The molecular weight excluding hydrogens is 459 g/mol. The molecule has 1 amide bonds. The van der Waals surface area contributed by atoms with Crippen molar-refractivity contribution >= 4 is 23.4 Å². The van der Waals surface area contributed by atoms with Crippen LogP contribution in [0.1, 0.15) is 44.9 Å². The number of amides is 1. The number of methoxy groups -OCH3 is 1. The Bertz CT molecular complexity index is 1040. The van der Waals surface area contributed by atoms with Crippen molar-refractivity contribution in [3.8, 4) is 0 Å². The van der Waals surface area contributed by atoms with Gasteiger partial charge in [-0.05, 0) is 49.9 Å². The van der Waals surface area contributed by atoms with Crippen molar-refractivity contribution in [2.75, 3.05) is 30.0 Å². The van der Waals surface area contributed by atoms with Gasteiger partial charge in [-0.3, -0.25) is 9.59 Å². The first kappa shape index (κ1) is 25.0. The lowest BCUT2D eigenvalue weighted by Gasteiger charge is -2.42. The highest BCUT2D eigenvalue weighted by molar-refractivity contribution is 5.97. The van der Waals surface area contributed by atoms with Gasteiger partial charge in [0.1, 0.15) is 11.6 Å². The fourth-order valence-corrected chi connectivity index (χ4v) is 5.30. The van der Waals surface area contributed by atoms with Crippen molar-refractivity contribution in [1.82, 2.24) is 4.98 Å². The van der Waals surface area contributed by atoms with Gasteiger partial charge in [0.05, 0.1) is 18.2 Å². The summed E-state index contributed by atoms with van der Waals surface area (Å²) in [5, 5.41) is 0. The number of nitrogens with zero attached hydrogens (tertiary/aromatic N) is 3. The minimum absolute atomic E-state index is 0.0360. The third-order valence-electron chi connectivity index (χ3n) is 7.16. The third kappa shape index (κ3) is 5.44. The van der Waals surface area contributed by atoms with E-state index < -0.39 is 41.5 Å². The Kier molecular flexibility index (Phi) is 7.33. The summed E-state index contributed by atoms with van der Waals surface area (Å²) in [5.74, 6) is -3.88. The smallest absolute Gasteiger partial charge is 0.312 e. The number of halogens is 3. The largest absolute Gasteiger partial charge is 0.469 e. The highest BCUT2D eigenvalue weighted by atomic mass is 19.3. The zero-order valence-corrected chi connectivity index (χ0v) is 19.8. The lowest BCUT2D eigenvalue weighted by Crippen LogP contribution is -2.51. The second-order valence-electron chi connectivity index (χ2n) is 9.44. The Morgan fingerprint density at radius 2 is 1.83 bits per heavy atom. The first-order valence-corrected chi connectivity index (χ1v) is 11.9. The predicted molar refractivity (Wildman–Crippen MR) is 126 cm³/mol. The quantitative estimate of drug-likeness (QED) is 0.536. The second-order valence-corrected chi connectivity index (χ2v) is 9.44. The Balaban J connectivity index is 1.60. The van der Waals surface area contributed by atoms with E-state index in [0.717, 1.165) is 10.7 Å². The molecule has 2 aromatic rings. The molecule has 1 aliphatic heterocycles. The van der Waals surface area contributed by atoms with Crippen LogP contribution in [0.2, 0.25) is 0 Å². The average molecular weight is 490 g/mol. The zero-order chi connectivity index (χ0) is 25.1. The van der Waals surface area contributed by atoms with E-state index in [0.29, 0.717) is 32.4 Å². The molecule has 0 N–H and O–H groups in total. The van der Waals surface area contributed by atoms with Crippen LogP contribution in [0, 0.1) is 11.2 Å². The normalized spacial score (nSPS) is 21.3. The molecule has 1 saturated carbocycles. The third-order valence-corrected chi connectivity index (χ3v) is 7.16. The van der Waals surface area contributed by atoms with Crippen molar-refractivity contribution in [3.05, 3.63) is 54.5 Å². The number of alkyl halides is 2.